The zero-order valence-electron chi connectivity index (χ0n) is 16.8. The van der Waals surface area contributed by atoms with Crippen LogP contribution in [0.1, 0.15) is 24.2 Å². The van der Waals surface area contributed by atoms with Crippen molar-refractivity contribution in [3.63, 3.8) is 0 Å². The fraction of sp³-hybridized carbons (Fsp3) is 0.250. The van der Waals surface area contributed by atoms with Crippen LogP contribution in [0.2, 0.25) is 5.02 Å². The van der Waals surface area contributed by atoms with Gasteiger partial charge in [-0.05, 0) is 23.8 Å². The lowest BCUT2D eigenvalue weighted by Crippen LogP contribution is -2.38. The van der Waals surface area contributed by atoms with Gasteiger partial charge in [0, 0.05) is 19.0 Å². The Balaban J connectivity index is 1.59. The van der Waals surface area contributed by atoms with Crippen molar-refractivity contribution in [1.82, 2.24) is 14.9 Å². The van der Waals surface area contributed by atoms with Crippen molar-refractivity contribution in [2.24, 2.45) is 0 Å². The fourth-order valence-corrected chi connectivity index (χ4v) is 4.63. The quantitative estimate of drug-likeness (QED) is 0.553. The van der Waals surface area contributed by atoms with Crippen LogP contribution in [0.25, 0.3) is 0 Å². The molecule has 9 nitrogen and oxygen atoms in total. The number of rotatable bonds is 7. The summed E-state index contributed by atoms with van der Waals surface area (Å²) in [5, 5.41) is 3.75. The van der Waals surface area contributed by atoms with E-state index in [1.165, 1.54) is 41.3 Å². The van der Waals surface area contributed by atoms with Gasteiger partial charge in [0.1, 0.15) is 16.5 Å². The molecule has 0 unspecified atom stereocenters. The molecule has 32 heavy (non-hydrogen) atoms. The highest BCUT2D eigenvalue weighted by molar-refractivity contribution is 7.89. The Hall–Kier alpha value is -3.02. The third-order valence-corrected chi connectivity index (χ3v) is 6.60. The second-order valence-corrected chi connectivity index (χ2v) is 9.07. The second kappa shape index (κ2) is 8.85. The van der Waals surface area contributed by atoms with E-state index in [-0.39, 0.29) is 41.3 Å². The number of ether oxygens (including phenoxy) is 1. The largest absolute Gasteiger partial charge is 0.482 e. The first-order valence-corrected chi connectivity index (χ1v) is 11.4. The van der Waals surface area contributed by atoms with Crippen LogP contribution >= 0.6 is 11.6 Å². The third-order valence-electron chi connectivity index (χ3n) is 4.74. The minimum Gasteiger partial charge on any atom is -0.482 e. The van der Waals surface area contributed by atoms with E-state index in [0.717, 1.165) is 0 Å². The highest BCUT2D eigenvalue weighted by Crippen LogP contribution is 2.39. The summed E-state index contributed by atoms with van der Waals surface area (Å²) in [5.41, 5.74) is 0.871. The second-order valence-electron chi connectivity index (χ2n) is 6.93. The SMILES string of the molecule is CCc1nc(CN2C(=O)COc3cc(S(=O)(=O)NCc4ccc(F)cc4)c(Cl)cc32)no1. The standard InChI is InChI=1S/C20H18ClFN4O5S/c1-2-19-24-18(25-31-19)10-26-15-7-14(21)17(8-16(15)30-11-20(26)27)32(28,29)23-9-12-3-5-13(22)6-4-12/h3-8,23H,2,9-11H2,1H3. The first-order valence-electron chi connectivity index (χ1n) is 9.59. The van der Waals surface area contributed by atoms with Crippen LogP contribution in [0.15, 0.2) is 45.8 Å². The molecule has 0 fully saturated rings. The maximum absolute atomic E-state index is 13.0. The highest BCUT2D eigenvalue weighted by Gasteiger charge is 2.30. The molecule has 0 bridgehead atoms. The van der Waals surface area contributed by atoms with Gasteiger partial charge in [0.25, 0.3) is 5.91 Å². The maximum Gasteiger partial charge on any atom is 0.265 e. The van der Waals surface area contributed by atoms with Crippen LogP contribution in [0.5, 0.6) is 5.75 Å². The highest BCUT2D eigenvalue weighted by atomic mass is 35.5. The topological polar surface area (TPSA) is 115 Å². The summed E-state index contributed by atoms with van der Waals surface area (Å²) >= 11 is 6.28. The average molecular weight is 481 g/mol. The molecule has 2 aromatic carbocycles. The van der Waals surface area contributed by atoms with Crippen molar-refractivity contribution in [2.75, 3.05) is 11.5 Å². The third kappa shape index (κ3) is 4.59. The van der Waals surface area contributed by atoms with Crippen molar-refractivity contribution in [3.8, 4) is 5.75 Å². The number of carbonyl (C=O) groups is 1. The van der Waals surface area contributed by atoms with E-state index in [9.17, 15) is 17.6 Å². The Morgan fingerprint density at radius 2 is 2.00 bits per heavy atom. The van der Waals surface area contributed by atoms with Crippen LogP contribution in [0.4, 0.5) is 10.1 Å². The van der Waals surface area contributed by atoms with Gasteiger partial charge in [0.05, 0.1) is 17.3 Å². The number of fused-ring (bicyclic) bond motifs is 1. The number of sulfonamides is 1. The average Bonchev–Trinajstić information content (AvgIpc) is 3.23. The Labute approximate surface area is 188 Å². The van der Waals surface area contributed by atoms with Crippen molar-refractivity contribution >= 4 is 33.2 Å². The van der Waals surface area contributed by atoms with Crippen LogP contribution in [0, 0.1) is 5.82 Å². The normalized spacial score (nSPS) is 13.7. The minimum atomic E-state index is -4.02. The monoisotopic (exact) mass is 480 g/mol. The molecule has 2 heterocycles. The van der Waals surface area contributed by atoms with Gasteiger partial charge in [-0.3, -0.25) is 9.69 Å². The van der Waals surface area contributed by atoms with E-state index < -0.39 is 15.8 Å². The molecule has 3 aromatic rings. The van der Waals surface area contributed by atoms with E-state index in [2.05, 4.69) is 14.9 Å². The summed E-state index contributed by atoms with van der Waals surface area (Å²) in [5.74, 6) is 0.138. The summed E-state index contributed by atoms with van der Waals surface area (Å²) in [6.45, 7) is 1.54. The van der Waals surface area contributed by atoms with Gasteiger partial charge in [-0.15, -0.1) is 0 Å². The number of amides is 1. The smallest absolute Gasteiger partial charge is 0.265 e. The number of hydrogen-bond donors (Lipinski definition) is 1. The summed E-state index contributed by atoms with van der Waals surface area (Å²) in [4.78, 5) is 17.8. The molecule has 1 N–H and O–H groups in total. The first kappa shape index (κ1) is 22.2. The molecule has 168 valence electrons. The summed E-state index contributed by atoms with van der Waals surface area (Å²) in [7, 11) is -4.02. The van der Waals surface area contributed by atoms with E-state index in [1.54, 1.807) is 0 Å². The Morgan fingerprint density at radius 1 is 1.25 bits per heavy atom. The van der Waals surface area contributed by atoms with E-state index in [0.29, 0.717) is 29.4 Å². The van der Waals surface area contributed by atoms with Crippen LogP contribution in [-0.2, 0) is 34.3 Å². The van der Waals surface area contributed by atoms with Gasteiger partial charge in [-0.25, -0.2) is 17.5 Å². The molecule has 0 radical (unpaired) electrons. The van der Waals surface area contributed by atoms with E-state index in [1.807, 2.05) is 6.92 Å². The maximum atomic E-state index is 13.0. The number of carbonyl (C=O) groups excluding carboxylic acids is 1. The van der Waals surface area contributed by atoms with Gasteiger partial charge in [0.2, 0.25) is 15.9 Å². The molecule has 1 aromatic heterocycles. The lowest BCUT2D eigenvalue weighted by Gasteiger charge is -2.29. The zero-order chi connectivity index (χ0) is 22.9. The van der Waals surface area contributed by atoms with Gasteiger partial charge < -0.3 is 9.26 Å². The van der Waals surface area contributed by atoms with Crippen LogP contribution in [-0.4, -0.2) is 31.1 Å². The molecular weight excluding hydrogens is 463 g/mol. The summed E-state index contributed by atoms with van der Waals surface area (Å²) in [6, 6.07) is 8.03. The predicted octanol–water partition coefficient (Wildman–Crippen LogP) is 2.83. The lowest BCUT2D eigenvalue weighted by molar-refractivity contribution is -0.121. The van der Waals surface area contributed by atoms with Gasteiger partial charge in [-0.1, -0.05) is 35.8 Å². The Kier molecular flexibility index (Phi) is 6.13. The number of aromatic nitrogens is 2. The van der Waals surface area contributed by atoms with E-state index >= 15 is 0 Å². The molecule has 0 aliphatic carbocycles. The number of anilines is 1. The van der Waals surface area contributed by atoms with Gasteiger partial charge in [-0.2, -0.15) is 4.98 Å². The van der Waals surface area contributed by atoms with Crippen LogP contribution in [0.3, 0.4) is 0 Å². The molecule has 0 atom stereocenters. The summed E-state index contributed by atoms with van der Waals surface area (Å²) in [6.07, 6.45) is 0.554. The molecular formula is C20H18ClFN4O5S. The Morgan fingerprint density at radius 3 is 2.69 bits per heavy atom. The first-order chi connectivity index (χ1) is 15.3. The number of nitrogens with one attached hydrogen (secondary N) is 1. The van der Waals surface area contributed by atoms with Crippen molar-refractivity contribution in [1.29, 1.82) is 0 Å². The van der Waals surface area contributed by atoms with Gasteiger partial charge >= 0.3 is 0 Å². The van der Waals surface area contributed by atoms with Crippen molar-refractivity contribution in [3.05, 3.63) is 64.5 Å². The number of nitrogens with zero attached hydrogens (tertiary/aromatic N) is 3. The molecule has 0 saturated heterocycles. The molecule has 0 spiro atoms. The molecule has 12 heteroatoms. The number of halogens is 2. The predicted molar refractivity (Wildman–Crippen MR) is 112 cm³/mol. The lowest BCUT2D eigenvalue weighted by atomic mass is 10.2. The van der Waals surface area contributed by atoms with Crippen molar-refractivity contribution in [2.45, 2.75) is 31.3 Å². The molecule has 0 saturated carbocycles. The molecule has 4 rings (SSSR count). The fourth-order valence-electron chi connectivity index (χ4n) is 3.08. The Bertz CT molecular complexity index is 1260. The van der Waals surface area contributed by atoms with Crippen molar-refractivity contribution < 1.29 is 26.9 Å². The number of benzene rings is 2. The van der Waals surface area contributed by atoms with E-state index in [4.69, 9.17) is 20.9 Å². The zero-order valence-corrected chi connectivity index (χ0v) is 18.4. The van der Waals surface area contributed by atoms with Gasteiger partial charge in [0.15, 0.2) is 12.4 Å². The van der Waals surface area contributed by atoms with Crippen LogP contribution < -0.4 is 14.4 Å². The molecule has 1 aliphatic rings. The number of aryl methyl sites for hydroxylation is 1. The summed E-state index contributed by atoms with van der Waals surface area (Å²) < 4.78 is 51.6. The molecule has 1 amide bonds. The minimum absolute atomic E-state index is 0.0178. The molecule has 1 aliphatic heterocycles. The number of hydrogen-bond acceptors (Lipinski definition) is 7.